The van der Waals surface area contributed by atoms with Gasteiger partial charge in [0.1, 0.15) is 0 Å². The van der Waals surface area contributed by atoms with E-state index in [0.717, 1.165) is 12.8 Å². The predicted octanol–water partition coefficient (Wildman–Crippen LogP) is 6.61. The van der Waals surface area contributed by atoms with Crippen LogP contribution in [0.1, 0.15) is 58.8 Å². The van der Waals surface area contributed by atoms with Crippen molar-refractivity contribution in [2.75, 3.05) is 13.1 Å². The Labute approximate surface area is 164 Å². The van der Waals surface area contributed by atoms with Gasteiger partial charge in [0.05, 0.1) is 0 Å². The highest BCUT2D eigenvalue weighted by Gasteiger charge is 2.81. The van der Waals surface area contributed by atoms with Crippen LogP contribution in [0, 0.1) is 0 Å². The molecule has 0 aromatic carbocycles. The van der Waals surface area contributed by atoms with E-state index in [9.17, 15) is 44.3 Å². The van der Waals surface area contributed by atoms with Gasteiger partial charge in [0, 0.05) is 25.1 Å². The maximum atomic E-state index is 13.4. The molecular formula is C18H26F9NO. The summed E-state index contributed by atoms with van der Waals surface area (Å²) in [6.45, 7) is 7.71. The van der Waals surface area contributed by atoms with Crippen LogP contribution in [0.2, 0.25) is 0 Å². The van der Waals surface area contributed by atoms with E-state index in [-0.39, 0.29) is 25.3 Å². The minimum absolute atomic E-state index is 0.0911. The summed E-state index contributed by atoms with van der Waals surface area (Å²) in [5.74, 6) is -19.2. The van der Waals surface area contributed by atoms with Gasteiger partial charge in [0.25, 0.3) is 0 Å². The second-order valence-corrected chi connectivity index (χ2v) is 6.94. The maximum Gasteiger partial charge on any atom is 0.460 e. The number of nitrogens with zero attached hydrogens (tertiary/aromatic N) is 1. The molecule has 0 atom stereocenters. The van der Waals surface area contributed by atoms with Gasteiger partial charge in [-0.2, -0.15) is 39.5 Å². The number of amides is 1. The van der Waals surface area contributed by atoms with Crippen LogP contribution in [0.5, 0.6) is 0 Å². The molecule has 0 aromatic rings. The lowest BCUT2D eigenvalue weighted by Gasteiger charge is -2.33. The van der Waals surface area contributed by atoms with Crippen molar-refractivity contribution in [2.45, 2.75) is 82.7 Å². The third-order valence-corrected chi connectivity index (χ3v) is 4.31. The highest BCUT2D eigenvalue weighted by Crippen LogP contribution is 2.54. The summed E-state index contributed by atoms with van der Waals surface area (Å²) >= 11 is 0. The minimum Gasteiger partial charge on any atom is -0.339 e. The van der Waals surface area contributed by atoms with Gasteiger partial charge in [-0.15, -0.1) is 0 Å². The topological polar surface area (TPSA) is 20.3 Å². The second kappa shape index (κ2) is 10.6. The van der Waals surface area contributed by atoms with Crippen LogP contribution >= 0.6 is 0 Å². The fourth-order valence-electron chi connectivity index (χ4n) is 2.50. The maximum absolute atomic E-state index is 13.4. The fraction of sp³-hybridized carbons (Fsp3) is 0.833. The normalized spacial score (nSPS) is 13.5. The molecule has 0 aliphatic rings. The Morgan fingerprint density at radius 3 is 1.72 bits per heavy atom. The van der Waals surface area contributed by atoms with Crippen LogP contribution in [0.15, 0.2) is 12.2 Å². The molecule has 0 spiro atoms. The van der Waals surface area contributed by atoms with E-state index in [0.29, 0.717) is 18.5 Å². The molecule has 2 nitrogen and oxygen atoms in total. The largest absolute Gasteiger partial charge is 0.460 e. The summed E-state index contributed by atoms with van der Waals surface area (Å²) in [5.41, 5.74) is 0.313. The molecule has 0 aromatic heterocycles. The number of alkyl halides is 9. The van der Waals surface area contributed by atoms with Crippen molar-refractivity contribution in [3.63, 3.8) is 0 Å². The van der Waals surface area contributed by atoms with E-state index >= 15 is 0 Å². The summed E-state index contributed by atoms with van der Waals surface area (Å²) in [5, 5.41) is 0. The van der Waals surface area contributed by atoms with Crippen molar-refractivity contribution >= 4 is 5.91 Å². The molecule has 0 radical (unpaired) electrons. The SMILES string of the molecule is C=C(C)C(=O)N(CCCC)CCCCCCC(F)(F)C(F)(F)C(F)(F)C(F)(F)F. The van der Waals surface area contributed by atoms with Gasteiger partial charge in [-0.05, 0) is 26.2 Å². The number of rotatable bonds is 13. The summed E-state index contributed by atoms with van der Waals surface area (Å²) in [7, 11) is 0. The molecule has 0 unspecified atom stereocenters. The van der Waals surface area contributed by atoms with Gasteiger partial charge in [-0.1, -0.05) is 32.8 Å². The van der Waals surface area contributed by atoms with E-state index < -0.39 is 36.8 Å². The lowest BCUT2D eigenvalue weighted by Crippen LogP contribution is -2.60. The van der Waals surface area contributed by atoms with Crippen LogP contribution in [-0.2, 0) is 4.79 Å². The van der Waals surface area contributed by atoms with Crippen molar-refractivity contribution in [3.05, 3.63) is 12.2 Å². The summed E-state index contributed by atoms with van der Waals surface area (Å²) < 4.78 is 115. The molecule has 0 heterocycles. The first-order chi connectivity index (χ1) is 13.0. The van der Waals surface area contributed by atoms with Gasteiger partial charge in [-0.3, -0.25) is 4.79 Å². The smallest absolute Gasteiger partial charge is 0.339 e. The first-order valence-electron chi connectivity index (χ1n) is 9.18. The van der Waals surface area contributed by atoms with Gasteiger partial charge in [0.2, 0.25) is 5.91 Å². The number of carbonyl (C=O) groups is 1. The third-order valence-electron chi connectivity index (χ3n) is 4.31. The van der Waals surface area contributed by atoms with Crippen LogP contribution < -0.4 is 0 Å². The molecule has 0 saturated carbocycles. The first-order valence-corrected chi connectivity index (χ1v) is 9.18. The number of hydrogen-bond acceptors (Lipinski definition) is 1. The molecule has 0 bridgehead atoms. The Kier molecular flexibility index (Phi) is 10.0. The Morgan fingerprint density at radius 2 is 1.28 bits per heavy atom. The minimum atomic E-state index is -6.84. The van der Waals surface area contributed by atoms with Gasteiger partial charge in [-0.25, -0.2) is 0 Å². The summed E-state index contributed by atoms with van der Waals surface area (Å²) in [6.07, 6.45) is -7.26. The van der Waals surface area contributed by atoms with E-state index in [1.165, 1.54) is 11.8 Å². The van der Waals surface area contributed by atoms with Crippen LogP contribution in [0.4, 0.5) is 39.5 Å². The van der Waals surface area contributed by atoms with Crippen molar-refractivity contribution < 1.29 is 44.3 Å². The zero-order valence-corrected chi connectivity index (χ0v) is 16.3. The zero-order chi connectivity index (χ0) is 23.1. The lowest BCUT2D eigenvalue weighted by atomic mass is 9.98. The van der Waals surface area contributed by atoms with E-state index in [1.807, 2.05) is 6.92 Å². The molecule has 0 N–H and O–H groups in total. The van der Waals surface area contributed by atoms with Gasteiger partial charge in [0.15, 0.2) is 0 Å². The monoisotopic (exact) mass is 443 g/mol. The number of unbranched alkanes of at least 4 members (excludes halogenated alkanes) is 4. The quantitative estimate of drug-likeness (QED) is 0.178. The zero-order valence-electron chi connectivity index (χ0n) is 16.3. The summed E-state index contributed by atoms with van der Waals surface area (Å²) in [4.78, 5) is 13.5. The fourth-order valence-corrected chi connectivity index (χ4v) is 2.50. The Morgan fingerprint density at radius 1 is 0.793 bits per heavy atom. The van der Waals surface area contributed by atoms with Crippen LogP contribution in [-0.4, -0.2) is 47.8 Å². The second-order valence-electron chi connectivity index (χ2n) is 6.94. The first kappa shape index (κ1) is 27.6. The molecule has 0 aliphatic carbocycles. The molecular weight excluding hydrogens is 417 g/mol. The van der Waals surface area contributed by atoms with Crippen molar-refractivity contribution in [3.8, 4) is 0 Å². The molecule has 0 aliphatic heterocycles. The lowest BCUT2D eigenvalue weighted by molar-refractivity contribution is -0.396. The van der Waals surface area contributed by atoms with E-state index in [2.05, 4.69) is 6.58 Å². The average molecular weight is 443 g/mol. The highest BCUT2D eigenvalue weighted by atomic mass is 19.4. The number of carbonyl (C=O) groups excluding carboxylic acids is 1. The average Bonchev–Trinajstić information content (AvgIpc) is 2.58. The number of halogens is 9. The molecule has 0 saturated heterocycles. The van der Waals surface area contributed by atoms with Gasteiger partial charge < -0.3 is 4.90 Å². The standard InChI is InChI=1S/C18H26F9NO/c1-4-5-11-28(14(29)13(2)3)12-9-7-6-8-10-15(19,20)16(21,22)17(23,24)18(25,26)27/h2,4-12H2,1,3H3. The third kappa shape index (κ3) is 7.09. The van der Waals surface area contributed by atoms with E-state index in [4.69, 9.17) is 0 Å². The van der Waals surface area contributed by atoms with Crippen molar-refractivity contribution in [2.24, 2.45) is 0 Å². The molecule has 0 fully saturated rings. The Hall–Kier alpha value is -1.42. The molecule has 11 heteroatoms. The molecule has 1 amide bonds. The molecule has 29 heavy (non-hydrogen) atoms. The highest BCUT2D eigenvalue weighted by molar-refractivity contribution is 5.92. The molecule has 172 valence electrons. The molecule has 0 rings (SSSR count). The van der Waals surface area contributed by atoms with E-state index in [1.54, 1.807) is 0 Å². The Balaban J connectivity index is 4.61. The van der Waals surface area contributed by atoms with Crippen LogP contribution in [0.3, 0.4) is 0 Å². The van der Waals surface area contributed by atoms with Crippen molar-refractivity contribution in [1.82, 2.24) is 4.90 Å². The summed E-state index contributed by atoms with van der Waals surface area (Å²) in [6, 6.07) is 0. The van der Waals surface area contributed by atoms with Crippen molar-refractivity contribution in [1.29, 1.82) is 0 Å². The Bertz CT molecular complexity index is 544. The van der Waals surface area contributed by atoms with Crippen LogP contribution in [0.25, 0.3) is 0 Å². The van der Waals surface area contributed by atoms with Gasteiger partial charge >= 0.3 is 23.9 Å². The number of hydrogen-bond donors (Lipinski definition) is 0. The predicted molar refractivity (Wildman–Crippen MR) is 90.3 cm³/mol.